The number of rotatable bonds is 7. The summed E-state index contributed by atoms with van der Waals surface area (Å²) in [5.74, 6) is -0.612. The van der Waals surface area contributed by atoms with Crippen molar-refractivity contribution in [3.8, 4) is 5.75 Å². The molecule has 37 heavy (non-hydrogen) atoms. The van der Waals surface area contributed by atoms with E-state index < -0.39 is 12.0 Å². The van der Waals surface area contributed by atoms with Crippen molar-refractivity contribution >= 4 is 40.0 Å². The smallest absolute Gasteiger partial charge is 0.254 e. The van der Waals surface area contributed by atoms with Crippen LogP contribution in [-0.4, -0.2) is 49.1 Å². The number of amides is 2. The molecule has 0 spiro atoms. The van der Waals surface area contributed by atoms with Crippen molar-refractivity contribution < 1.29 is 19.1 Å². The highest BCUT2D eigenvalue weighted by Crippen LogP contribution is 2.45. The minimum Gasteiger partial charge on any atom is -0.495 e. The average Bonchev–Trinajstić information content (AvgIpc) is 3.33. The molecule has 1 aliphatic rings. The number of aromatic amines is 1. The lowest BCUT2D eigenvalue weighted by Crippen LogP contribution is -2.47. The molecule has 1 aromatic heterocycles. The normalized spacial score (nSPS) is 17.1. The van der Waals surface area contributed by atoms with Gasteiger partial charge in [0, 0.05) is 53.0 Å². The second-order valence-electron chi connectivity index (χ2n) is 9.08. The number of anilines is 1. The zero-order chi connectivity index (χ0) is 26.1. The molecule has 0 aliphatic carbocycles. The number of fused-ring (bicyclic) bond motifs is 2. The highest BCUT2D eigenvalue weighted by Gasteiger charge is 2.45. The lowest BCUT2D eigenvalue weighted by molar-refractivity contribution is -0.119. The van der Waals surface area contributed by atoms with E-state index in [0.717, 1.165) is 22.0 Å². The lowest BCUT2D eigenvalue weighted by Gasteiger charge is -2.41. The Bertz CT molecular complexity index is 1480. The first kappa shape index (κ1) is 24.9. The van der Waals surface area contributed by atoms with Gasteiger partial charge in [-0.25, -0.2) is 0 Å². The molecule has 4 aromatic rings. The van der Waals surface area contributed by atoms with Crippen LogP contribution in [0.15, 0.2) is 66.9 Å². The molecule has 2 N–H and O–H groups in total. The number of H-pyrrole nitrogens is 1. The molecular weight excluding hydrogens is 490 g/mol. The molecule has 190 valence electrons. The molecule has 0 saturated heterocycles. The fraction of sp³-hybridized carbons (Fsp3) is 0.241. The molecule has 0 radical (unpaired) electrons. The highest BCUT2D eigenvalue weighted by molar-refractivity contribution is 6.31. The summed E-state index contributed by atoms with van der Waals surface area (Å²) < 4.78 is 10.9. The van der Waals surface area contributed by atoms with Gasteiger partial charge < -0.3 is 24.7 Å². The summed E-state index contributed by atoms with van der Waals surface area (Å²) in [6.45, 7) is 2.54. The number of hydrogen-bond acceptors (Lipinski definition) is 4. The Hall–Kier alpha value is -3.81. The first-order valence-corrected chi connectivity index (χ1v) is 12.4. The molecule has 0 fully saturated rings. The van der Waals surface area contributed by atoms with Crippen molar-refractivity contribution in [1.82, 2.24) is 9.88 Å². The van der Waals surface area contributed by atoms with E-state index in [9.17, 15) is 9.59 Å². The number of nitrogens with one attached hydrogen (secondary N) is 2. The average molecular weight is 518 g/mol. The Labute approximate surface area is 220 Å². The number of halogens is 1. The fourth-order valence-corrected chi connectivity index (χ4v) is 5.29. The molecule has 3 aromatic carbocycles. The highest BCUT2D eigenvalue weighted by atomic mass is 35.5. The molecule has 2 heterocycles. The molecule has 0 saturated carbocycles. The van der Waals surface area contributed by atoms with Gasteiger partial charge >= 0.3 is 0 Å². The van der Waals surface area contributed by atoms with Gasteiger partial charge in [-0.05, 0) is 36.2 Å². The summed E-state index contributed by atoms with van der Waals surface area (Å²) >= 11 is 6.29. The van der Waals surface area contributed by atoms with E-state index in [1.807, 2.05) is 55.6 Å². The topological polar surface area (TPSA) is 83.7 Å². The molecule has 2 atom stereocenters. The number of aromatic nitrogens is 1. The van der Waals surface area contributed by atoms with Crippen LogP contribution in [-0.2, 0) is 9.53 Å². The van der Waals surface area contributed by atoms with Crippen LogP contribution in [0.3, 0.4) is 0 Å². The number of aryl methyl sites for hydroxylation is 1. The van der Waals surface area contributed by atoms with Gasteiger partial charge in [-0.3, -0.25) is 9.59 Å². The number of carbonyl (C=O) groups is 2. The van der Waals surface area contributed by atoms with Gasteiger partial charge in [0.15, 0.2) is 0 Å². The molecule has 8 heteroatoms. The Morgan fingerprint density at radius 3 is 2.62 bits per heavy atom. The minimum absolute atomic E-state index is 0.133. The third-order valence-corrected chi connectivity index (χ3v) is 7.34. The largest absolute Gasteiger partial charge is 0.495 e. The minimum atomic E-state index is -0.689. The van der Waals surface area contributed by atoms with Crippen LogP contribution in [0.4, 0.5) is 5.69 Å². The van der Waals surface area contributed by atoms with Gasteiger partial charge in [0.1, 0.15) is 5.75 Å². The number of para-hydroxylation sites is 1. The van der Waals surface area contributed by atoms with E-state index in [-0.39, 0.29) is 11.8 Å². The molecule has 2 amide bonds. The molecule has 5 rings (SSSR count). The van der Waals surface area contributed by atoms with Gasteiger partial charge in [0.05, 0.1) is 31.4 Å². The van der Waals surface area contributed by atoms with Crippen molar-refractivity contribution in [2.45, 2.75) is 18.9 Å². The third-order valence-electron chi connectivity index (χ3n) is 6.94. The van der Waals surface area contributed by atoms with Crippen LogP contribution >= 0.6 is 11.6 Å². The maximum Gasteiger partial charge on any atom is 0.254 e. The van der Waals surface area contributed by atoms with Gasteiger partial charge in [0.2, 0.25) is 5.91 Å². The summed E-state index contributed by atoms with van der Waals surface area (Å²) in [7, 11) is 3.13. The number of carbonyl (C=O) groups excluding carboxylic acids is 2. The summed E-state index contributed by atoms with van der Waals surface area (Å²) in [6.07, 6.45) is 1.89. The number of methoxy groups -OCH3 is 2. The summed E-state index contributed by atoms with van der Waals surface area (Å²) in [5, 5.41) is 4.57. The molecule has 0 bridgehead atoms. The number of benzene rings is 3. The zero-order valence-corrected chi connectivity index (χ0v) is 21.6. The van der Waals surface area contributed by atoms with Crippen molar-refractivity contribution in [1.29, 1.82) is 0 Å². The number of hydrogen-bond donors (Lipinski definition) is 2. The number of nitrogens with zero attached hydrogens (tertiary/aromatic N) is 1. The van der Waals surface area contributed by atoms with Crippen LogP contribution in [0.5, 0.6) is 5.75 Å². The SMILES string of the molecule is COCCN1C(=O)c2ccccc2C(C(=O)Nc2cc(C)c(Cl)cc2OC)C1c1c[nH]c2ccccc12. The van der Waals surface area contributed by atoms with Crippen LogP contribution < -0.4 is 10.1 Å². The summed E-state index contributed by atoms with van der Waals surface area (Å²) in [5.41, 5.74) is 4.32. The number of ether oxygens (including phenoxy) is 2. The summed E-state index contributed by atoms with van der Waals surface area (Å²) in [4.78, 5) is 33.0. The fourth-order valence-electron chi connectivity index (χ4n) is 5.14. The predicted molar refractivity (Wildman–Crippen MR) is 145 cm³/mol. The van der Waals surface area contributed by atoms with Crippen LogP contribution in [0, 0.1) is 6.92 Å². The molecular formula is C29H28ClN3O4. The lowest BCUT2D eigenvalue weighted by atomic mass is 9.79. The van der Waals surface area contributed by atoms with Gasteiger partial charge in [-0.15, -0.1) is 0 Å². The molecule has 1 aliphatic heterocycles. The van der Waals surface area contributed by atoms with Gasteiger partial charge in [-0.1, -0.05) is 48.0 Å². The first-order valence-electron chi connectivity index (χ1n) is 12.0. The van der Waals surface area contributed by atoms with E-state index in [2.05, 4.69) is 10.3 Å². The van der Waals surface area contributed by atoms with E-state index in [1.165, 1.54) is 7.11 Å². The predicted octanol–water partition coefficient (Wildman–Crippen LogP) is 5.70. The van der Waals surface area contributed by atoms with Gasteiger partial charge in [-0.2, -0.15) is 0 Å². The standard InChI is InChI=1S/C29H28ClN3O4/c1-17-14-24(25(37-3)15-22(17)30)32-28(34)26-19-9-4-5-10-20(19)29(35)33(12-13-36-2)27(26)21-16-31-23-11-7-6-8-18(21)23/h4-11,14-16,26-27,31H,12-13H2,1-3H3,(H,32,34). The zero-order valence-electron chi connectivity index (χ0n) is 20.9. The maximum absolute atomic E-state index is 14.2. The second-order valence-corrected chi connectivity index (χ2v) is 9.49. The van der Waals surface area contributed by atoms with Crippen LogP contribution in [0.2, 0.25) is 5.02 Å². The van der Waals surface area contributed by atoms with Crippen molar-refractivity contribution in [3.63, 3.8) is 0 Å². The quantitative estimate of drug-likeness (QED) is 0.329. The van der Waals surface area contributed by atoms with Crippen LogP contribution in [0.25, 0.3) is 10.9 Å². The molecule has 2 unspecified atom stereocenters. The third kappa shape index (κ3) is 4.45. The van der Waals surface area contributed by atoms with E-state index in [4.69, 9.17) is 21.1 Å². The Balaban J connectivity index is 1.67. The first-order chi connectivity index (χ1) is 17.9. The van der Waals surface area contributed by atoms with Crippen LogP contribution in [0.1, 0.15) is 39.0 Å². The van der Waals surface area contributed by atoms with Crippen molar-refractivity contribution in [3.05, 3.63) is 94.1 Å². The van der Waals surface area contributed by atoms with Gasteiger partial charge in [0.25, 0.3) is 5.91 Å². The van der Waals surface area contributed by atoms with E-state index >= 15 is 0 Å². The van der Waals surface area contributed by atoms with Crippen molar-refractivity contribution in [2.24, 2.45) is 0 Å². The monoisotopic (exact) mass is 517 g/mol. The van der Waals surface area contributed by atoms with E-state index in [1.54, 1.807) is 30.2 Å². The second kappa shape index (κ2) is 10.3. The Morgan fingerprint density at radius 2 is 1.84 bits per heavy atom. The Kier molecular flexibility index (Phi) is 6.91. The maximum atomic E-state index is 14.2. The summed E-state index contributed by atoms with van der Waals surface area (Å²) in [6, 6.07) is 18.1. The van der Waals surface area contributed by atoms with Crippen molar-refractivity contribution in [2.75, 3.05) is 32.7 Å². The molecule has 7 nitrogen and oxygen atoms in total. The Morgan fingerprint density at radius 1 is 1.08 bits per heavy atom. The van der Waals surface area contributed by atoms with E-state index in [0.29, 0.717) is 40.7 Å².